The van der Waals surface area contributed by atoms with Crippen LogP contribution in [0.5, 0.6) is 0 Å². The van der Waals surface area contributed by atoms with Gasteiger partial charge in [0.2, 0.25) is 0 Å². The molecule has 0 aliphatic carbocycles. The minimum atomic E-state index is 0.133. The van der Waals surface area contributed by atoms with Gasteiger partial charge in [0.25, 0.3) is 0 Å². The summed E-state index contributed by atoms with van der Waals surface area (Å²) in [6.07, 6.45) is 2.45. The Bertz CT molecular complexity index is 249. The maximum absolute atomic E-state index is 4.70. The summed E-state index contributed by atoms with van der Waals surface area (Å²) in [6, 6.07) is 0.627. The van der Waals surface area contributed by atoms with Gasteiger partial charge in [0, 0.05) is 17.3 Å². The Hall–Kier alpha value is -0.220. The molecular formula is C12H25N3S. The second kappa shape index (κ2) is 5.92. The minimum absolute atomic E-state index is 0.133. The van der Waals surface area contributed by atoms with Crippen LogP contribution >= 0.6 is 11.8 Å². The lowest BCUT2D eigenvalue weighted by atomic mass is 10.1. The van der Waals surface area contributed by atoms with Crippen molar-refractivity contribution in [3.63, 3.8) is 0 Å². The molecule has 1 N–H and O–H groups in total. The molecule has 0 saturated carbocycles. The molecule has 1 saturated heterocycles. The number of nitrogens with one attached hydrogen (secondary N) is 1. The van der Waals surface area contributed by atoms with Gasteiger partial charge in [-0.3, -0.25) is 4.99 Å². The predicted molar refractivity (Wildman–Crippen MR) is 74.4 cm³/mol. The average Bonchev–Trinajstić information content (AvgIpc) is 2.26. The van der Waals surface area contributed by atoms with Crippen LogP contribution in [-0.4, -0.2) is 48.0 Å². The van der Waals surface area contributed by atoms with Crippen LogP contribution in [0.3, 0.4) is 0 Å². The minimum Gasteiger partial charge on any atom is -0.362 e. The SMILES string of the molecule is CCC1CCSC(=NCC(C)(C)N(C)C)N1. The third kappa shape index (κ3) is 3.98. The monoisotopic (exact) mass is 243 g/mol. The second-order valence-corrected chi connectivity index (χ2v) is 6.30. The lowest BCUT2D eigenvalue weighted by molar-refractivity contribution is 0.205. The molecule has 1 heterocycles. The zero-order valence-corrected chi connectivity index (χ0v) is 12.0. The smallest absolute Gasteiger partial charge is 0.156 e. The number of amidine groups is 1. The van der Waals surface area contributed by atoms with Crippen molar-refractivity contribution in [3.05, 3.63) is 0 Å². The fraction of sp³-hybridized carbons (Fsp3) is 0.917. The lowest BCUT2D eigenvalue weighted by Crippen LogP contribution is -2.43. The average molecular weight is 243 g/mol. The maximum Gasteiger partial charge on any atom is 0.156 e. The molecule has 3 nitrogen and oxygen atoms in total. The van der Waals surface area contributed by atoms with Crippen LogP contribution in [0.2, 0.25) is 0 Å². The van der Waals surface area contributed by atoms with Crippen LogP contribution in [0.4, 0.5) is 0 Å². The van der Waals surface area contributed by atoms with Crippen molar-refractivity contribution in [1.29, 1.82) is 0 Å². The standard InChI is InChI=1S/C12H25N3S/c1-6-10-7-8-16-11(14-10)13-9-12(2,3)15(4)5/h10H,6-9H2,1-5H3,(H,13,14). The molecule has 0 amide bonds. The summed E-state index contributed by atoms with van der Waals surface area (Å²) in [6.45, 7) is 7.53. The van der Waals surface area contributed by atoms with Gasteiger partial charge in [-0.15, -0.1) is 0 Å². The summed E-state index contributed by atoms with van der Waals surface area (Å²) >= 11 is 1.86. The van der Waals surface area contributed by atoms with E-state index in [2.05, 4.69) is 45.1 Å². The Labute approximate surface area is 104 Å². The van der Waals surface area contributed by atoms with Crippen molar-refractivity contribution in [2.45, 2.75) is 45.2 Å². The molecule has 1 unspecified atom stereocenters. The molecule has 0 spiro atoms. The summed E-state index contributed by atoms with van der Waals surface area (Å²) in [4.78, 5) is 6.93. The largest absolute Gasteiger partial charge is 0.362 e. The first-order chi connectivity index (χ1) is 7.45. The van der Waals surface area contributed by atoms with Crippen molar-refractivity contribution in [2.75, 3.05) is 26.4 Å². The molecule has 0 aromatic heterocycles. The number of rotatable bonds is 4. The van der Waals surface area contributed by atoms with Gasteiger partial charge in [-0.2, -0.15) is 0 Å². The van der Waals surface area contributed by atoms with E-state index in [0.29, 0.717) is 6.04 Å². The molecule has 1 rings (SSSR count). The first-order valence-corrected chi connectivity index (χ1v) is 7.05. The van der Waals surface area contributed by atoms with Gasteiger partial charge in [0.05, 0.1) is 6.54 Å². The zero-order chi connectivity index (χ0) is 12.2. The van der Waals surface area contributed by atoms with Crippen LogP contribution in [0.15, 0.2) is 4.99 Å². The molecule has 0 bridgehead atoms. The normalized spacial score (nSPS) is 24.9. The maximum atomic E-state index is 4.70. The number of hydrogen-bond donors (Lipinski definition) is 1. The van der Waals surface area contributed by atoms with Crippen LogP contribution in [-0.2, 0) is 0 Å². The van der Waals surface area contributed by atoms with Gasteiger partial charge in [0.1, 0.15) is 0 Å². The summed E-state index contributed by atoms with van der Waals surface area (Å²) in [5.41, 5.74) is 0.133. The van der Waals surface area contributed by atoms with E-state index < -0.39 is 0 Å². The van der Waals surface area contributed by atoms with Crippen LogP contribution in [0, 0.1) is 0 Å². The summed E-state index contributed by atoms with van der Waals surface area (Å²) in [5, 5.41) is 4.64. The number of nitrogens with zero attached hydrogens (tertiary/aromatic N) is 2. The van der Waals surface area contributed by atoms with E-state index >= 15 is 0 Å². The number of likely N-dealkylation sites (N-methyl/N-ethyl adjacent to an activating group) is 1. The highest BCUT2D eigenvalue weighted by Gasteiger charge is 2.21. The van der Waals surface area contributed by atoms with E-state index in [-0.39, 0.29) is 5.54 Å². The zero-order valence-electron chi connectivity index (χ0n) is 11.2. The number of aliphatic imine (C=N–C) groups is 1. The van der Waals surface area contributed by atoms with Crippen molar-refractivity contribution in [1.82, 2.24) is 10.2 Å². The van der Waals surface area contributed by atoms with Gasteiger partial charge in [-0.1, -0.05) is 18.7 Å². The Balaban J connectivity index is 2.50. The van der Waals surface area contributed by atoms with E-state index in [9.17, 15) is 0 Å². The molecular weight excluding hydrogens is 218 g/mol. The van der Waals surface area contributed by atoms with Gasteiger partial charge >= 0.3 is 0 Å². The molecule has 1 aliphatic rings. The van der Waals surface area contributed by atoms with Gasteiger partial charge in [-0.25, -0.2) is 0 Å². The highest BCUT2D eigenvalue weighted by Crippen LogP contribution is 2.17. The molecule has 4 heteroatoms. The molecule has 1 aliphatic heterocycles. The van der Waals surface area contributed by atoms with Crippen LogP contribution in [0.25, 0.3) is 0 Å². The molecule has 0 aromatic rings. The number of thioether (sulfide) groups is 1. The summed E-state index contributed by atoms with van der Waals surface area (Å²) in [7, 11) is 4.22. The Morgan fingerprint density at radius 3 is 2.75 bits per heavy atom. The Kier molecular flexibility index (Phi) is 5.12. The Morgan fingerprint density at radius 2 is 2.19 bits per heavy atom. The fourth-order valence-corrected chi connectivity index (χ4v) is 2.39. The lowest BCUT2D eigenvalue weighted by Gasteiger charge is -2.32. The molecule has 0 aromatic carbocycles. The van der Waals surface area contributed by atoms with E-state index in [1.54, 1.807) is 0 Å². The van der Waals surface area contributed by atoms with Crippen molar-refractivity contribution < 1.29 is 0 Å². The first-order valence-electron chi connectivity index (χ1n) is 6.07. The van der Waals surface area contributed by atoms with Gasteiger partial charge < -0.3 is 10.2 Å². The third-order valence-corrected chi connectivity index (χ3v) is 4.31. The van der Waals surface area contributed by atoms with E-state index in [1.165, 1.54) is 18.6 Å². The third-order valence-electron chi connectivity index (χ3n) is 3.35. The van der Waals surface area contributed by atoms with Crippen LogP contribution < -0.4 is 5.32 Å². The molecule has 94 valence electrons. The second-order valence-electron chi connectivity index (χ2n) is 5.21. The van der Waals surface area contributed by atoms with Crippen molar-refractivity contribution in [3.8, 4) is 0 Å². The predicted octanol–water partition coefficient (Wildman–Crippen LogP) is 2.19. The van der Waals surface area contributed by atoms with E-state index in [4.69, 9.17) is 4.99 Å². The van der Waals surface area contributed by atoms with E-state index in [1.807, 2.05) is 11.8 Å². The van der Waals surface area contributed by atoms with E-state index in [0.717, 1.165) is 11.7 Å². The highest BCUT2D eigenvalue weighted by atomic mass is 32.2. The highest BCUT2D eigenvalue weighted by molar-refractivity contribution is 8.13. The quantitative estimate of drug-likeness (QED) is 0.820. The topological polar surface area (TPSA) is 27.6 Å². The first kappa shape index (κ1) is 13.8. The van der Waals surface area contributed by atoms with Crippen molar-refractivity contribution in [2.24, 2.45) is 4.99 Å². The Morgan fingerprint density at radius 1 is 1.50 bits per heavy atom. The number of hydrogen-bond acceptors (Lipinski definition) is 3. The molecule has 1 atom stereocenters. The summed E-state index contributed by atoms with van der Waals surface area (Å²) in [5.74, 6) is 1.20. The molecule has 0 radical (unpaired) electrons. The molecule has 1 fully saturated rings. The van der Waals surface area contributed by atoms with Gasteiger partial charge in [-0.05, 0) is 40.8 Å². The van der Waals surface area contributed by atoms with Crippen molar-refractivity contribution >= 4 is 16.9 Å². The fourth-order valence-electron chi connectivity index (χ4n) is 1.39. The van der Waals surface area contributed by atoms with Gasteiger partial charge in [0.15, 0.2) is 5.17 Å². The molecule has 16 heavy (non-hydrogen) atoms. The summed E-state index contributed by atoms with van der Waals surface area (Å²) < 4.78 is 0. The van der Waals surface area contributed by atoms with Crippen LogP contribution in [0.1, 0.15) is 33.6 Å².